The van der Waals surface area contributed by atoms with Crippen molar-refractivity contribution >= 4 is 5.97 Å². The van der Waals surface area contributed by atoms with E-state index in [0.29, 0.717) is 6.54 Å². The number of nitrogens with zero attached hydrogens (tertiary/aromatic N) is 1. The van der Waals surface area contributed by atoms with Crippen LogP contribution in [0, 0.1) is 11.8 Å². The van der Waals surface area contributed by atoms with E-state index in [1.165, 1.54) is 5.56 Å². The van der Waals surface area contributed by atoms with E-state index in [1.807, 2.05) is 32.9 Å². The van der Waals surface area contributed by atoms with Crippen LogP contribution < -0.4 is 4.74 Å². The van der Waals surface area contributed by atoms with Gasteiger partial charge in [-0.05, 0) is 37.5 Å². The maximum atomic E-state index is 11.1. The van der Waals surface area contributed by atoms with Gasteiger partial charge in [-0.25, -0.2) is 0 Å². The molecule has 1 aliphatic heterocycles. The fourth-order valence-electron chi connectivity index (χ4n) is 2.72. The van der Waals surface area contributed by atoms with Gasteiger partial charge in [0.2, 0.25) is 0 Å². The van der Waals surface area contributed by atoms with Crippen LogP contribution in [0.3, 0.4) is 0 Å². The first-order chi connectivity index (χ1) is 9.45. The smallest absolute Gasteiger partial charge is 0.308 e. The maximum Gasteiger partial charge on any atom is 0.308 e. The molecule has 1 N–H and O–H groups in total. The number of hydrogen-bond acceptors (Lipinski definition) is 3. The molecular weight excluding hydrogens is 254 g/mol. The Balaban J connectivity index is 1.92. The van der Waals surface area contributed by atoms with Crippen LogP contribution in [0.15, 0.2) is 24.3 Å². The average molecular weight is 277 g/mol. The van der Waals surface area contributed by atoms with Crippen molar-refractivity contribution in [2.75, 3.05) is 13.1 Å². The van der Waals surface area contributed by atoms with Gasteiger partial charge in [0.25, 0.3) is 0 Å². The number of aliphatic carboxylic acids is 1. The van der Waals surface area contributed by atoms with E-state index in [4.69, 9.17) is 9.84 Å². The molecule has 0 spiro atoms. The largest absolute Gasteiger partial charge is 0.491 e. The van der Waals surface area contributed by atoms with E-state index in [0.717, 1.165) is 18.8 Å². The molecule has 0 saturated carbocycles. The highest BCUT2D eigenvalue weighted by molar-refractivity contribution is 5.71. The minimum Gasteiger partial charge on any atom is -0.491 e. The zero-order valence-electron chi connectivity index (χ0n) is 12.4. The molecule has 0 aliphatic carbocycles. The topological polar surface area (TPSA) is 49.8 Å². The Hall–Kier alpha value is -1.55. The second-order valence-electron chi connectivity index (χ2n) is 5.93. The Kier molecular flexibility index (Phi) is 4.65. The van der Waals surface area contributed by atoms with Crippen LogP contribution in [0.5, 0.6) is 5.75 Å². The summed E-state index contributed by atoms with van der Waals surface area (Å²) < 4.78 is 5.61. The van der Waals surface area contributed by atoms with Crippen LogP contribution in [-0.4, -0.2) is 35.2 Å². The maximum absolute atomic E-state index is 11.1. The third-order valence-electron chi connectivity index (χ3n) is 3.71. The van der Waals surface area contributed by atoms with E-state index in [9.17, 15) is 4.79 Å². The number of carboxylic acid groups (broad SMARTS) is 1. The lowest BCUT2D eigenvalue weighted by atomic mass is 9.99. The molecule has 1 aromatic rings. The monoisotopic (exact) mass is 277 g/mol. The van der Waals surface area contributed by atoms with Crippen molar-refractivity contribution in [1.82, 2.24) is 4.90 Å². The average Bonchev–Trinajstić information content (AvgIpc) is 2.72. The van der Waals surface area contributed by atoms with Gasteiger partial charge in [0.15, 0.2) is 0 Å². The number of carbonyl (C=O) groups is 1. The number of likely N-dealkylation sites (tertiary alicyclic amines) is 1. The van der Waals surface area contributed by atoms with Gasteiger partial charge in [0.05, 0.1) is 12.0 Å². The Morgan fingerprint density at radius 3 is 2.50 bits per heavy atom. The Labute approximate surface area is 120 Å². The van der Waals surface area contributed by atoms with E-state index in [1.54, 1.807) is 0 Å². The van der Waals surface area contributed by atoms with Crippen LogP contribution in [-0.2, 0) is 11.3 Å². The normalized spacial score (nSPS) is 23.2. The third-order valence-corrected chi connectivity index (χ3v) is 3.71. The van der Waals surface area contributed by atoms with Gasteiger partial charge in [0.1, 0.15) is 5.75 Å². The number of ether oxygens (including phenoxy) is 1. The molecule has 2 rings (SSSR count). The second-order valence-corrected chi connectivity index (χ2v) is 5.93. The van der Waals surface area contributed by atoms with Gasteiger partial charge in [-0.3, -0.25) is 9.69 Å². The van der Waals surface area contributed by atoms with Gasteiger partial charge < -0.3 is 9.84 Å². The lowest BCUT2D eigenvalue weighted by Crippen LogP contribution is -2.23. The summed E-state index contributed by atoms with van der Waals surface area (Å²) in [6.45, 7) is 8.31. The number of hydrogen-bond donors (Lipinski definition) is 1. The van der Waals surface area contributed by atoms with Crippen LogP contribution >= 0.6 is 0 Å². The quantitative estimate of drug-likeness (QED) is 0.899. The highest BCUT2D eigenvalue weighted by Gasteiger charge is 2.34. The number of benzene rings is 1. The lowest BCUT2D eigenvalue weighted by molar-refractivity contribution is -0.142. The van der Waals surface area contributed by atoms with E-state index in [-0.39, 0.29) is 17.9 Å². The number of rotatable bonds is 5. The predicted molar refractivity (Wildman–Crippen MR) is 77.8 cm³/mol. The summed E-state index contributed by atoms with van der Waals surface area (Å²) in [5, 5.41) is 9.14. The summed E-state index contributed by atoms with van der Waals surface area (Å²) in [7, 11) is 0. The molecule has 0 unspecified atom stereocenters. The molecule has 4 nitrogen and oxygen atoms in total. The first kappa shape index (κ1) is 14.9. The molecule has 0 amide bonds. The summed E-state index contributed by atoms with van der Waals surface area (Å²) in [6, 6.07) is 8.06. The second kappa shape index (κ2) is 6.27. The minimum absolute atomic E-state index is 0.177. The van der Waals surface area contributed by atoms with Gasteiger partial charge in [0, 0.05) is 19.6 Å². The van der Waals surface area contributed by atoms with E-state index >= 15 is 0 Å². The van der Waals surface area contributed by atoms with Crippen LogP contribution in [0.1, 0.15) is 26.3 Å². The summed E-state index contributed by atoms with van der Waals surface area (Å²) >= 11 is 0. The highest BCUT2D eigenvalue weighted by atomic mass is 16.5. The molecule has 0 radical (unpaired) electrons. The zero-order valence-corrected chi connectivity index (χ0v) is 12.4. The highest BCUT2D eigenvalue weighted by Crippen LogP contribution is 2.25. The SMILES string of the molecule is CC(C)Oc1ccc(CN2C[C@@H](C)[C@H](C(=O)O)C2)cc1. The fraction of sp³-hybridized carbons (Fsp3) is 0.562. The molecule has 20 heavy (non-hydrogen) atoms. The van der Waals surface area contributed by atoms with Crippen LogP contribution in [0.4, 0.5) is 0 Å². The van der Waals surface area contributed by atoms with Gasteiger partial charge in [-0.2, -0.15) is 0 Å². The fourth-order valence-corrected chi connectivity index (χ4v) is 2.72. The molecule has 0 bridgehead atoms. The summed E-state index contributed by atoms with van der Waals surface area (Å²) in [4.78, 5) is 13.3. The van der Waals surface area contributed by atoms with Gasteiger partial charge in [-0.1, -0.05) is 19.1 Å². The number of carboxylic acids is 1. The summed E-state index contributed by atoms with van der Waals surface area (Å²) in [5.41, 5.74) is 1.19. The third kappa shape index (κ3) is 3.73. The van der Waals surface area contributed by atoms with Crippen molar-refractivity contribution in [3.05, 3.63) is 29.8 Å². The van der Waals surface area contributed by atoms with Crippen molar-refractivity contribution in [2.45, 2.75) is 33.4 Å². The molecule has 1 aromatic carbocycles. The van der Waals surface area contributed by atoms with Crippen molar-refractivity contribution in [3.8, 4) is 5.75 Å². The minimum atomic E-state index is -0.680. The van der Waals surface area contributed by atoms with Gasteiger partial charge in [-0.15, -0.1) is 0 Å². The van der Waals surface area contributed by atoms with Crippen molar-refractivity contribution in [2.24, 2.45) is 11.8 Å². The summed E-state index contributed by atoms with van der Waals surface area (Å²) in [6.07, 6.45) is 0.177. The molecule has 4 heteroatoms. The standard InChI is InChI=1S/C16H23NO3/c1-11(2)20-14-6-4-13(5-7-14)9-17-8-12(3)15(10-17)16(18)19/h4-7,11-12,15H,8-10H2,1-3H3,(H,18,19)/t12-,15-/m1/s1. The van der Waals surface area contributed by atoms with E-state index in [2.05, 4.69) is 17.0 Å². The van der Waals surface area contributed by atoms with Gasteiger partial charge >= 0.3 is 5.97 Å². The zero-order chi connectivity index (χ0) is 14.7. The van der Waals surface area contributed by atoms with Crippen LogP contribution in [0.2, 0.25) is 0 Å². The predicted octanol–water partition coefficient (Wildman–Crippen LogP) is 2.63. The first-order valence-corrected chi connectivity index (χ1v) is 7.16. The van der Waals surface area contributed by atoms with E-state index < -0.39 is 5.97 Å². The van der Waals surface area contributed by atoms with Crippen molar-refractivity contribution in [1.29, 1.82) is 0 Å². The molecule has 110 valence electrons. The molecule has 1 saturated heterocycles. The molecule has 1 fully saturated rings. The first-order valence-electron chi connectivity index (χ1n) is 7.16. The van der Waals surface area contributed by atoms with Crippen molar-refractivity contribution < 1.29 is 14.6 Å². The molecular formula is C16H23NO3. The Morgan fingerprint density at radius 2 is 2.00 bits per heavy atom. The summed E-state index contributed by atoms with van der Waals surface area (Å²) in [5.74, 6) is 0.178. The molecule has 0 aromatic heterocycles. The Bertz CT molecular complexity index is 455. The van der Waals surface area contributed by atoms with Crippen molar-refractivity contribution in [3.63, 3.8) is 0 Å². The molecule has 1 heterocycles. The Morgan fingerprint density at radius 1 is 1.35 bits per heavy atom. The molecule has 1 aliphatic rings. The molecule has 2 atom stereocenters. The lowest BCUT2D eigenvalue weighted by Gasteiger charge is -2.16. The van der Waals surface area contributed by atoms with Crippen LogP contribution in [0.25, 0.3) is 0 Å².